The molecule has 10 nitrogen and oxygen atoms in total. The monoisotopic (exact) mass is 454 g/mol. The minimum absolute atomic E-state index is 0. The van der Waals surface area contributed by atoms with Gasteiger partial charge in [-0.15, -0.1) is 0 Å². The predicted molar refractivity (Wildman–Crippen MR) is 115 cm³/mol. The average molecular weight is 455 g/mol. The summed E-state index contributed by atoms with van der Waals surface area (Å²) in [5, 5.41) is 26.3. The van der Waals surface area contributed by atoms with Crippen molar-refractivity contribution in [2.75, 3.05) is 13.1 Å². The van der Waals surface area contributed by atoms with Crippen molar-refractivity contribution in [3.63, 3.8) is 0 Å². The number of hydrogen-bond donors (Lipinski definition) is 4. The maximum atomic E-state index is 11.3. The molecule has 0 aliphatic rings. The Hall–Kier alpha value is -1.43. The van der Waals surface area contributed by atoms with E-state index in [1.54, 1.807) is 27.7 Å². The van der Waals surface area contributed by atoms with E-state index in [-0.39, 0.29) is 46.7 Å². The third-order valence-electron chi connectivity index (χ3n) is 4.14. The number of nitrogens with one attached hydrogen (secondary N) is 2. The van der Waals surface area contributed by atoms with Crippen LogP contribution in [0.4, 0.5) is 0 Å². The Morgan fingerprint density at radius 2 is 0.968 bits per heavy atom. The summed E-state index contributed by atoms with van der Waals surface area (Å²) in [5.41, 5.74) is 10.6. The van der Waals surface area contributed by atoms with Crippen molar-refractivity contribution >= 4 is 46.8 Å². The van der Waals surface area contributed by atoms with E-state index < -0.39 is 24.0 Å². The molecule has 176 valence electrons. The summed E-state index contributed by atoms with van der Waals surface area (Å²) in [7, 11) is 0. The molecule has 0 saturated carbocycles. The molecule has 0 bridgehead atoms. The molecule has 0 saturated heterocycles. The van der Waals surface area contributed by atoms with Crippen molar-refractivity contribution in [3.8, 4) is 0 Å². The second kappa shape index (κ2) is 20.5. The first kappa shape index (κ1) is 34.2. The fraction of sp³-hybridized carbons (Fsp3) is 0.800. The predicted octanol–water partition coefficient (Wildman–Crippen LogP) is -2.37. The van der Waals surface area contributed by atoms with E-state index >= 15 is 0 Å². The van der Waals surface area contributed by atoms with Gasteiger partial charge in [0.05, 0.1) is 24.0 Å². The van der Waals surface area contributed by atoms with Crippen LogP contribution in [0.15, 0.2) is 0 Å². The van der Waals surface area contributed by atoms with E-state index in [4.69, 9.17) is 11.5 Å². The topological polar surface area (TPSA) is 190 Å². The molecule has 0 unspecified atom stereocenters. The van der Waals surface area contributed by atoms with Crippen molar-refractivity contribution in [3.05, 3.63) is 0 Å². The second-order valence-electron chi connectivity index (χ2n) is 7.64. The Kier molecular flexibility index (Phi) is 22.6. The number of hydrogen-bond acceptors (Lipinski definition) is 8. The number of amides is 2. The Morgan fingerprint density at radius 1 is 0.677 bits per heavy atom. The van der Waals surface area contributed by atoms with Crippen LogP contribution >= 0.6 is 0 Å². The van der Waals surface area contributed by atoms with Crippen LogP contribution in [-0.2, 0) is 19.2 Å². The van der Waals surface area contributed by atoms with Crippen molar-refractivity contribution < 1.29 is 29.4 Å². The second-order valence-corrected chi connectivity index (χ2v) is 7.64. The van der Waals surface area contributed by atoms with Crippen molar-refractivity contribution in [2.24, 2.45) is 23.3 Å². The van der Waals surface area contributed by atoms with Gasteiger partial charge in [-0.3, -0.25) is 9.59 Å². The normalized spacial score (nSPS) is 12.1. The Morgan fingerprint density at radius 3 is 1.16 bits per heavy atom. The summed E-state index contributed by atoms with van der Waals surface area (Å²) in [6, 6.07) is -1.79. The van der Waals surface area contributed by atoms with Gasteiger partial charge in [-0.2, -0.15) is 0 Å². The third-order valence-corrected chi connectivity index (χ3v) is 4.14. The van der Waals surface area contributed by atoms with Crippen LogP contribution in [0.3, 0.4) is 0 Å². The third kappa shape index (κ3) is 19.0. The number of aliphatic carboxylic acids is 2. The standard InChI is InChI=1S/2C10H20N2O3.Mg/c2*1-7(2)9(13)12-8(10(14)15)5-3-4-6-11;/h2*7-8H,3-6,11H2,1-2H3,(H,12,13)(H,14,15);/q;;+2/p-2/t2*8-;/m00./s1. The van der Waals surface area contributed by atoms with Gasteiger partial charge in [-0.25, -0.2) is 0 Å². The van der Waals surface area contributed by atoms with Crippen LogP contribution in [0.2, 0.25) is 0 Å². The summed E-state index contributed by atoms with van der Waals surface area (Å²) in [5.74, 6) is -3.45. The van der Waals surface area contributed by atoms with Gasteiger partial charge in [0, 0.05) is 11.8 Å². The molecule has 2 atom stereocenters. The number of rotatable bonds is 14. The molecule has 0 spiro atoms. The summed E-state index contributed by atoms with van der Waals surface area (Å²) in [6.07, 6.45) is 3.60. The SMILES string of the molecule is CC(C)C(=O)N[C@@H](CCCCN)C(=O)[O-].CC(C)C(=O)N[C@@H](CCCCN)C(=O)[O-].[Mg+2]. The van der Waals surface area contributed by atoms with Crippen LogP contribution in [0.5, 0.6) is 0 Å². The maximum absolute atomic E-state index is 11.3. The largest absolute Gasteiger partial charge is 2.00 e. The molecular formula is C20H38MgN4O6. The summed E-state index contributed by atoms with van der Waals surface area (Å²) < 4.78 is 0. The van der Waals surface area contributed by atoms with Gasteiger partial charge in [0.25, 0.3) is 0 Å². The Bertz CT molecular complexity index is 486. The van der Waals surface area contributed by atoms with E-state index in [1.807, 2.05) is 0 Å². The Balaban J connectivity index is -0.000000490. The molecule has 0 heterocycles. The zero-order chi connectivity index (χ0) is 23.7. The fourth-order valence-electron chi connectivity index (χ4n) is 2.16. The van der Waals surface area contributed by atoms with Gasteiger partial charge in [0.15, 0.2) is 0 Å². The minimum Gasteiger partial charge on any atom is -0.548 e. The molecule has 11 heteroatoms. The number of carboxylic acid groups (broad SMARTS) is 2. The molecule has 6 N–H and O–H groups in total. The van der Waals surface area contributed by atoms with Crippen LogP contribution in [0.1, 0.15) is 66.2 Å². The number of carboxylic acids is 2. The summed E-state index contributed by atoms with van der Waals surface area (Å²) >= 11 is 0. The zero-order valence-corrected chi connectivity index (χ0v) is 20.7. The van der Waals surface area contributed by atoms with Gasteiger partial charge >= 0.3 is 23.1 Å². The smallest absolute Gasteiger partial charge is 0.548 e. The first-order valence-corrected chi connectivity index (χ1v) is 10.4. The molecule has 0 fully saturated rings. The van der Waals surface area contributed by atoms with Crippen molar-refractivity contribution in [2.45, 2.75) is 78.3 Å². The molecule has 0 aromatic carbocycles. The van der Waals surface area contributed by atoms with E-state index in [9.17, 15) is 29.4 Å². The van der Waals surface area contributed by atoms with Gasteiger partial charge < -0.3 is 41.9 Å². The van der Waals surface area contributed by atoms with Crippen LogP contribution < -0.4 is 32.3 Å². The molecule has 31 heavy (non-hydrogen) atoms. The van der Waals surface area contributed by atoms with Crippen molar-refractivity contribution in [1.82, 2.24) is 10.6 Å². The number of carbonyl (C=O) groups is 4. The Labute approximate surface area is 201 Å². The summed E-state index contributed by atoms with van der Waals surface area (Å²) in [4.78, 5) is 43.9. The average Bonchev–Trinajstić information content (AvgIpc) is 2.66. The number of nitrogens with two attached hydrogens (primary N) is 2. The molecule has 0 rings (SSSR count). The van der Waals surface area contributed by atoms with Crippen LogP contribution in [-0.4, -0.2) is 72.0 Å². The maximum Gasteiger partial charge on any atom is 2.00 e. The zero-order valence-electron chi connectivity index (χ0n) is 19.3. The molecule has 2 amide bonds. The molecular weight excluding hydrogens is 417 g/mol. The quantitative estimate of drug-likeness (QED) is 0.165. The van der Waals surface area contributed by atoms with Crippen LogP contribution in [0, 0.1) is 11.8 Å². The van der Waals surface area contributed by atoms with Gasteiger partial charge in [0.2, 0.25) is 11.8 Å². The van der Waals surface area contributed by atoms with E-state index in [2.05, 4.69) is 10.6 Å². The fourth-order valence-corrected chi connectivity index (χ4v) is 2.16. The van der Waals surface area contributed by atoms with Gasteiger partial charge in [-0.05, 0) is 51.6 Å². The minimum atomic E-state index is -1.24. The first-order chi connectivity index (χ1) is 14.0. The van der Waals surface area contributed by atoms with E-state index in [1.165, 1.54) is 0 Å². The molecule has 0 radical (unpaired) electrons. The molecule has 0 aromatic rings. The molecule has 0 aliphatic heterocycles. The number of unbranched alkanes of at least 4 members (excludes halogenated alkanes) is 2. The molecule has 0 aromatic heterocycles. The molecule has 0 aliphatic carbocycles. The van der Waals surface area contributed by atoms with E-state index in [0.717, 1.165) is 12.8 Å². The van der Waals surface area contributed by atoms with Gasteiger partial charge in [0.1, 0.15) is 0 Å². The van der Waals surface area contributed by atoms with Crippen molar-refractivity contribution in [1.29, 1.82) is 0 Å². The van der Waals surface area contributed by atoms with Gasteiger partial charge in [-0.1, -0.05) is 27.7 Å². The summed E-state index contributed by atoms with van der Waals surface area (Å²) in [6.45, 7) is 7.89. The van der Waals surface area contributed by atoms with Crippen LogP contribution in [0.25, 0.3) is 0 Å². The van der Waals surface area contributed by atoms with E-state index in [0.29, 0.717) is 38.8 Å². The first-order valence-electron chi connectivity index (χ1n) is 10.4. The number of carbonyl (C=O) groups excluding carboxylic acids is 4.